The van der Waals surface area contributed by atoms with Gasteiger partial charge in [0.05, 0.1) is 13.0 Å². The Hall–Kier alpha value is -2.54. The van der Waals surface area contributed by atoms with Crippen LogP contribution in [-0.2, 0) is 16.0 Å². The molecule has 27 heavy (non-hydrogen) atoms. The second-order valence-corrected chi connectivity index (χ2v) is 7.03. The molecule has 1 aliphatic heterocycles. The highest BCUT2D eigenvalue weighted by molar-refractivity contribution is 9.10. The molecule has 0 spiro atoms. The molecule has 2 aromatic rings. The Bertz CT molecular complexity index is 823. The molecule has 1 aliphatic rings. The Kier molecular flexibility index (Phi) is 6.34. The molecule has 0 saturated heterocycles. The van der Waals surface area contributed by atoms with Gasteiger partial charge in [0.2, 0.25) is 11.8 Å². The van der Waals surface area contributed by atoms with Crippen molar-refractivity contribution in [1.82, 2.24) is 4.90 Å². The highest BCUT2D eigenvalue weighted by Crippen LogP contribution is 2.32. The predicted octanol–water partition coefficient (Wildman–Crippen LogP) is 3.25. The van der Waals surface area contributed by atoms with Gasteiger partial charge in [-0.2, -0.15) is 0 Å². The fourth-order valence-electron chi connectivity index (χ4n) is 2.76. The van der Waals surface area contributed by atoms with Crippen LogP contribution in [0.4, 0.5) is 5.69 Å². The Morgan fingerprint density at radius 2 is 1.78 bits per heavy atom. The van der Waals surface area contributed by atoms with Gasteiger partial charge in [-0.1, -0.05) is 28.1 Å². The van der Waals surface area contributed by atoms with Crippen LogP contribution >= 0.6 is 15.9 Å². The zero-order valence-electron chi connectivity index (χ0n) is 15.0. The maximum atomic E-state index is 12.5. The summed E-state index contributed by atoms with van der Waals surface area (Å²) in [4.78, 5) is 26.4. The van der Waals surface area contributed by atoms with Crippen molar-refractivity contribution in [3.05, 3.63) is 52.5 Å². The minimum absolute atomic E-state index is 0.000301. The molecule has 6 nitrogen and oxygen atoms in total. The first kappa shape index (κ1) is 19.2. The first-order valence-corrected chi connectivity index (χ1v) is 9.56. The highest BCUT2D eigenvalue weighted by Gasteiger charge is 2.17. The van der Waals surface area contributed by atoms with Crippen molar-refractivity contribution in [2.45, 2.75) is 13.3 Å². The molecule has 1 N–H and O–H groups in total. The minimum atomic E-state index is -0.252. The number of halogens is 1. The molecular weight excluding hydrogens is 412 g/mol. The van der Waals surface area contributed by atoms with Crippen molar-refractivity contribution in [2.75, 3.05) is 31.6 Å². The van der Waals surface area contributed by atoms with Crippen LogP contribution in [-0.4, -0.2) is 43.0 Å². The molecule has 1 heterocycles. The topological polar surface area (TPSA) is 67.9 Å². The van der Waals surface area contributed by atoms with E-state index in [1.165, 1.54) is 4.90 Å². The molecule has 3 rings (SSSR count). The number of hydrogen-bond acceptors (Lipinski definition) is 4. The molecule has 0 fully saturated rings. The monoisotopic (exact) mass is 432 g/mol. The number of benzene rings is 2. The van der Waals surface area contributed by atoms with E-state index in [-0.39, 0.29) is 24.8 Å². The van der Waals surface area contributed by atoms with E-state index in [9.17, 15) is 9.59 Å². The lowest BCUT2D eigenvalue weighted by Crippen LogP contribution is -2.38. The molecule has 142 valence electrons. The molecule has 0 saturated carbocycles. The van der Waals surface area contributed by atoms with E-state index < -0.39 is 0 Å². The Labute approximate surface area is 166 Å². The van der Waals surface area contributed by atoms with Gasteiger partial charge in [0.15, 0.2) is 11.5 Å². The number of anilines is 1. The summed E-state index contributed by atoms with van der Waals surface area (Å²) in [5.74, 6) is 0.937. The average molecular weight is 433 g/mol. The number of nitrogens with zero attached hydrogens (tertiary/aromatic N) is 1. The number of rotatable bonds is 6. The summed E-state index contributed by atoms with van der Waals surface area (Å²) in [5.41, 5.74) is 1.52. The van der Waals surface area contributed by atoms with Gasteiger partial charge in [0.25, 0.3) is 0 Å². The Balaban J connectivity index is 1.57. The van der Waals surface area contributed by atoms with E-state index >= 15 is 0 Å². The van der Waals surface area contributed by atoms with Gasteiger partial charge < -0.3 is 19.7 Å². The summed E-state index contributed by atoms with van der Waals surface area (Å²) >= 11 is 3.38. The van der Waals surface area contributed by atoms with Crippen molar-refractivity contribution in [2.24, 2.45) is 0 Å². The summed E-state index contributed by atoms with van der Waals surface area (Å²) in [5, 5.41) is 2.81. The number of hydrogen-bond donors (Lipinski definition) is 1. The van der Waals surface area contributed by atoms with Gasteiger partial charge in [-0.3, -0.25) is 9.59 Å². The first-order valence-electron chi connectivity index (χ1n) is 8.77. The molecule has 0 unspecified atom stereocenters. The van der Waals surface area contributed by atoms with Crippen molar-refractivity contribution >= 4 is 33.4 Å². The molecule has 0 aliphatic carbocycles. The second-order valence-electron chi connectivity index (χ2n) is 6.12. The molecule has 7 heteroatoms. The maximum Gasteiger partial charge on any atom is 0.243 e. The van der Waals surface area contributed by atoms with E-state index in [0.717, 1.165) is 10.0 Å². The lowest BCUT2D eigenvalue weighted by molar-refractivity contribution is -0.133. The number of fused-ring (bicyclic) bond motifs is 1. The normalized spacial score (nSPS) is 12.4. The van der Waals surface area contributed by atoms with Crippen molar-refractivity contribution in [3.63, 3.8) is 0 Å². The largest absolute Gasteiger partial charge is 0.486 e. The van der Waals surface area contributed by atoms with Gasteiger partial charge in [-0.05, 0) is 36.8 Å². The SMILES string of the molecule is CCN(CC(=O)Nc1ccc2c(c1)OCCO2)C(=O)Cc1ccc(Br)cc1. The minimum Gasteiger partial charge on any atom is -0.486 e. The molecule has 0 radical (unpaired) electrons. The lowest BCUT2D eigenvalue weighted by Gasteiger charge is -2.21. The molecular formula is C20H21BrN2O4. The number of nitrogens with one attached hydrogen (secondary N) is 1. The van der Waals surface area contributed by atoms with Crippen molar-refractivity contribution < 1.29 is 19.1 Å². The van der Waals surface area contributed by atoms with Crippen LogP contribution in [0.15, 0.2) is 46.9 Å². The highest BCUT2D eigenvalue weighted by atomic mass is 79.9. The van der Waals surface area contributed by atoms with Crippen LogP contribution in [0.3, 0.4) is 0 Å². The Morgan fingerprint density at radius 3 is 2.48 bits per heavy atom. The van der Waals surface area contributed by atoms with Gasteiger partial charge in [0.1, 0.15) is 13.2 Å². The van der Waals surface area contributed by atoms with Crippen LogP contribution in [0.1, 0.15) is 12.5 Å². The number of carbonyl (C=O) groups is 2. The van der Waals surface area contributed by atoms with E-state index in [4.69, 9.17) is 9.47 Å². The van der Waals surface area contributed by atoms with Crippen LogP contribution in [0, 0.1) is 0 Å². The molecule has 0 aromatic heterocycles. The third kappa shape index (κ3) is 5.23. The molecule has 0 bridgehead atoms. The van der Waals surface area contributed by atoms with Gasteiger partial charge in [-0.15, -0.1) is 0 Å². The van der Waals surface area contributed by atoms with E-state index in [2.05, 4.69) is 21.2 Å². The second kappa shape index (κ2) is 8.90. The third-order valence-corrected chi connectivity index (χ3v) is 4.69. The number of amides is 2. The zero-order chi connectivity index (χ0) is 19.2. The number of ether oxygens (including phenoxy) is 2. The fraction of sp³-hybridized carbons (Fsp3) is 0.300. The van der Waals surface area contributed by atoms with E-state index in [0.29, 0.717) is 36.9 Å². The molecule has 0 atom stereocenters. The van der Waals surface area contributed by atoms with Crippen LogP contribution < -0.4 is 14.8 Å². The summed E-state index contributed by atoms with van der Waals surface area (Å²) < 4.78 is 11.9. The predicted molar refractivity (Wildman–Crippen MR) is 106 cm³/mol. The van der Waals surface area contributed by atoms with Gasteiger partial charge >= 0.3 is 0 Å². The summed E-state index contributed by atoms with van der Waals surface area (Å²) in [6.07, 6.45) is 0.262. The van der Waals surface area contributed by atoms with Crippen molar-refractivity contribution in [1.29, 1.82) is 0 Å². The van der Waals surface area contributed by atoms with Crippen LogP contribution in [0.25, 0.3) is 0 Å². The molecule has 2 amide bonds. The van der Waals surface area contributed by atoms with Gasteiger partial charge in [-0.25, -0.2) is 0 Å². The Morgan fingerprint density at radius 1 is 1.07 bits per heavy atom. The first-order chi connectivity index (χ1) is 13.0. The summed E-state index contributed by atoms with van der Waals surface area (Å²) in [6, 6.07) is 12.8. The number of likely N-dealkylation sites (N-methyl/N-ethyl adjacent to an activating group) is 1. The summed E-state index contributed by atoms with van der Waals surface area (Å²) in [7, 11) is 0. The molecule has 2 aromatic carbocycles. The quantitative estimate of drug-likeness (QED) is 0.760. The third-order valence-electron chi connectivity index (χ3n) is 4.16. The average Bonchev–Trinajstić information content (AvgIpc) is 2.67. The standard InChI is InChI=1S/C20H21BrN2O4/c1-2-23(20(25)11-14-3-5-15(21)6-4-14)13-19(24)22-16-7-8-17-18(12-16)27-10-9-26-17/h3-8,12H,2,9-11,13H2,1H3,(H,22,24). The van der Waals surface area contributed by atoms with Crippen LogP contribution in [0.2, 0.25) is 0 Å². The van der Waals surface area contributed by atoms with E-state index in [1.54, 1.807) is 18.2 Å². The van der Waals surface area contributed by atoms with Crippen LogP contribution in [0.5, 0.6) is 11.5 Å². The van der Waals surface area contributed by atoms with E-state index in [1.807, 2.05) is 31.2 Å². The zero-order valence-corrected chi connectivity index (χ0v) is 16.6. The van der Waals surface area contributed by atoms with Crippen molar-refractivity contribution in [3.8, 4) is 11.5 Å². The maximum absolute atomic E-state index is 12.5. The number of carbonyl (C=O) groups excluding carboxylic acids is 2. The fourth-order valence-corrected chi connectivity index (χ4v) is 3.02. The van der Waals surface area contributed by atoms with Gasteiger partial charge in [0, 0.05) is 22.8 Å². The smallest absolute Gasteiger partial charge is 0.243 e. The lowest BCUT2D eigenvalue weighted by atomic mass is 10.1. The summed E-state index contributed by atoms with van der Waals surface area (Å²) in [6.45, 7) is 3.32.